The van der Waals surface area contributed by atoms with Crippen LogP contribution < -0.4 is 11.1 Å². The van der Waals surface area contributed by atoms with Gasteiger partial charge in [0.1, 0.15) is 0 Å². The highest BCUT2D eigenvalue weighted by atomic mass is 16.2. The number of pyridine rings is 1. The van der Waals surface area contributed by atoms with E-state index < -0.39 is 6.04 Å². The summed E-state index contributed by atoms with van der Waals surface area (Å²) in [5, 5.41) is 2.85. The van der Waals surface area contributed by atoms with Gasteiger partial charge in [0.05, 0.1) is 18.3 Å². The van der Waals surface area contributed by atoms with Gasteiger partial charge in [-0.3, -0.25) is 9.78 Å². The van der Waals surface area contributed by atoms with Gasteiger partial charge in [0.2, 0.25) is 5.91 Å². The first-order valence-electron chi connectivity index (χ1n) is 6.32. The molecule has 18 heavy (non-hydrogen) atoms. The topological polar surface area (TPSA) is 68.0 Å². The Morgan fingerprint density at radius 3 is 2.72 bits per heavy atom. The molecule has 0 aromatic carbocycles. The van der Waals surface area contributed by atoms with Gasteiger partial charge in [0.15, 0.2) is 0 Å². The number of amides is 1. The van der Waals surface area contributed by atoms with E-state index in [1.807, 2.05) is 32.9 Å². The number of carbonyl (C=O) groups excluding carboxylic acids is 1. The normalized spacial score (nSPS) is 13.2. The highest BCUT2D eigenvalue weighted by Crippen LogP contribution is 2.17. The van der Waals surface area contributed by atoms with Gasteiger partial charge in [0, 0.05) is 6.20 Å². The molecule has 4 heteroatoms. The summed E-state index contributed by atoms with van der Waals surface area (Å²) in [7, 11) is 0. The first kappa shape index (κ1) is 14.6. The van der Waals surface area contributed by atoms with E-state index in [9.17, 15) is 4.79 Å². The Morgan fingerprint density at radius 1 is 1.50 bits per heavy atom. The largest absolute Gasteiger partial charge is 0.349 e. The van der Waals surface area contributed by atoms with Crippen molar-refractivity contribution in [2.45, 2.75) is 46.7 Å². The molecule has 0 aliphatic carbocycles. The van der Waals surface area contributed by atoms with Gasteiger partial charge >= 0.3 is 0 Å². The average Bonchev–Trinajstić information content (AvgIpc) is 2.34. The lowest BCUT2D eigenvalue weighted by Gasteiger charge is -2.25. The maximum atomic E-state index is 11.9. The van der Waals surface area contributed by atoms with Crippen LogP contribution in [-0.2, 0) is 17.8 Å². The zero-order valence-corrected chi connectivity index (χ0v) is 11.7. The number of hydrogen-bond donors (Lipinski definition) is 2. The molecule has 1 heterocycles. The van der Waals surface area contributed by atoms with E-state index in [1.165, 1.54) is 0 Å². The third kappa shape index (κ3) is 3.81. The molecule has 0 bridgehead atoms. The predicted octanol–water partition coefficient (Wildman–Crippen LogP) is 1.63. The Hall–Kier alpha value is -1.42. The smallest absolute Gasteiger partial charge is 0.237 e. The first-order valence-corrected chi connectivity index (χ1v) is 6.32. The number of aromatic nitrogens is 1. The van der Waals surface area contributed by atoms with E-state index in [1.54, 1.807) is 6.20 Å². The number of nitrogens with one attached hydrogen (secondary N) is 1. The molecule has 0 saturated heterocycles. The predicted molar refractivity (Wildman–Crippen MR) is 72.9 cm³/mol. The Labute approximate surface area is 109 Å². The molecule has 1 aromatic rings. The quantitative estimate of drug-likeness (QED) is 0.852. The SMILES string of the molecule is CCc1cccnc1CNC(=O)C(N)C(C)(C)C. The molecule has 1 atom stereocenters. The van der Waals surface area contributed by atoms with E-state index in [0.29, 0.717) is 6.54 Å². The number of nitrogens with two attached hydrogens (primary N) is 1. The van der Waals surface area contributed by atoms with Crippen LogP contribution in [0.15, 0.2) is 18.3 Å². The van der Waals surface area contributed by atoms with E-state index in [2.05, 4.69) is 17.2 Å². The molecule has 1 aromatic heterocycles. The van der Waals surface area contributed by atoms with Crippen molar-refractivity contribution in [3.05, 3.63) is 29.6 Å². The maximum absolute atomic E-state index is 11.9. The highest BCUT2D eigenvalue weighted by molar-refractivity contribution is 5.82. The minimum absolute atomic E-state index is 0.129. The number of carbonyl (C=O) groups is 1. The van der Waals surface area contributed by atoms with Crippen molar-refractivity contribution in [3.63, 3.8) is 0 Å². The maximum Gasteiger partial charge on any atom is 0.237 e. The molecular weight excluding hydrogens is 226 g/mol. The fourth-order valence-corrected chi connectivity index (χ4v) is 1.63. The van der Waals surface area contributed by atoms with Crippen molar-refractivity contribution in [2.75, 3.05) is 0 Å². The molecule has 0 aliphatic rings. The number of nitrogens with zero attached hydrogens (tertiary/aromatic N) is 1. The molecule has 100 valence electrons. The fourth-order valence-electron chi connectivity index (χ4n) is 1.63. The summed E-state index contributed by atoms with van der Waals surface area (Å²) in [4.78, 5) is 16.2. The van der Waals surface area contributed by atoms with Gasteiger partial charge in [-0.25, -0.2) is 0 Å². The summed E-state index contributed by atoms with van der Waals surface area (Å²) in [6, 6.07) is 3.43. The zero-order valence-electron chi connectivity index (χ0n) is 11.7. The second-order valence-corrected chi connectivity index (χ2v) is 5.52. The van der Waals surface area contributed by atoms with Crippen LogP contribution in [0.5, 0.6) is 0 Å². The van der Waals surface area contributed by atoms with Crippen molar-refractivity contribution in [3.8, 4) is 0 Å². The summed E-state index contributed by atoms with van der Waals surface area (Å²) in [6.07, 6.45) is 2.65. The van der Waals surface area contributed by atoms with Crippen LogP contribution in [-0.4, -0.2) is 16.9 Å². The average molecular weight is 249 g/mol. The van der Waals surface area contributed by atoms with Crippen LogP contribution in [0.2, 0.25) is 0 Å². The van der Waals surface area contributed by atoms with Crippen LogP contribution in [0.1, 0.15) is 39.0 Å². The first-order chi connectivity index (χ1) is 8.36. The van der Waals surface area contributed by atoms with Crippen molar-refractivity contribution in [1.82, 2.24) is 10.3 Å². The van der Waals surface area contributed by atoms with Crippen LogP contribution in [0, 0.1) is 5.41 Å². The van der Waals surface area contributed by atoms with Gasteiger partial charge < -0.3 is 11.1 Å². The minimum atomic E-state index is -0.508. The van der Waals surface area contributed by atoms with Gasteiger partial charge in [-0.1, -0.05) is 33.8 Å². The van der Waals surface area contributed by atoms with Gasteiger partial charge in [-0.2, -0.15) is 0 Å². The molecule has 0 fully saturated rings. The second kappa shape index (κ2) is 5.96. The number of hydrogen-bond acceptors (Lipinski definition) is 3. The van der Waals surface area contributed by atoms with Crippen molar-refractivity contribution in [1.29, 1.82) is 0 Å². The Kier molecular flexibility index (Phi) is 4.84. The zero-order chi connectivity index (χ0) is 13.8. The standard InChI is InChI=1S/C14H23N3O/c1-5-10-7-6-8-16-11(10)9-17-13(18)12(15)14(2,3)4/h6-8,12H,5,9,15H2,1-4H3,(H,17,18). The fraction of sp³-hybridized carbons (Fsp3) is 0.571. The van der Waals surface area contributed by atoms with E-state index in [0.717, 1.165) is 17.7 Å². The summed E-state index contributed by atoms with van der Waals surface area (Å²) < 4.78 is 0. The minimum Gasteiger partial charge on any atom is -0.349 e. The molecule has 0 radical (unpaired) electrons. The monoisotopic (exact) mass is 249 g/mol. The lowest BCUT2D eigenvalue weighted by molar-refractivity contribution is -0.124. The third-order valence-electron chi connectivity index (χ3n) is 3.01. The van der Waals surface area contributed by atoms with Crippen LogP contribution in [0.3, 0.4) is 0 Å². The summed E-state index contributed by atoms with van der Waals surface area (Å²) in [5.74, 6) is -0.129. The van der Waals surface area contributed by atoms with E-state index >= 15 is 0 Å². The molecular formula is C14H23N3O. The summed E-state index contributed by atoms with van der Waals surface area (Å²) in [6.45, 7) is 8.37. The number of aryl methyl sites for hydroxylation is 1. The lowest BCUT2D eigenvalue weighted by Crippen LogP contribution is -2.48. The van der Waals surface area contributed by atoms with Crippen molar-refractivity contribution >= 4 is 5.91 Å². The van der Waals surface area contributed by atoms with E-state index in [-0.39, 0.29) is 11.3 Å². The lowest BCUT2D eigenvalue weighted by atomic mass is 9.87. The molecule has 4 nitrogen and oxygen atoms in total. The van der Waals surface area contributed by atoms with Gasteiger partial charge in [-0.05, 0) is 23.5 Å². The van der Waals surface area contributed by atoms with E-state index in [4.69, 9.17) is 5.73 Å². The summed E-state index contributed by atoms with van der Waals surface area (Å²) in [5.41, 5.74) is 7.73. The highest BCUT2D eigenvalue weighted by Gasteiger charge is 2.27. The molecule has 0 saturated carbocycles. The summed E-state index contributed by atoms with van der Waals surface area (Å²) >= 11 is 0. The molecule has 0 spiro atoms. The van der Waals surface area contributed by atoms with Gasteiger partial charge in [-0.15, -0.1) is 0 Å². The second-order valence-electron chi connectivity index (χ2n) is 5.52. The molecule has 1 unspecified atom stereocenters. The Morgan fingerprint density at radius 2 is 2.17 bits per heavy atom. The molecule has 1 amide bonds. The van der Waals surface area contributed by atoms with Crippen molar-refractivity contribution < 1.29 is 4.79 Å². The molecule has 1 rings (SSSR count). The molecule has 0 aliphatic heterocycles. The Bertz CT molecular complexity index is 410. The van der Waals surface area contributed by atoms with Gasteiger partial charge in [0.25, 0.3) is 0 Å². The Balaban J connectivity index is 2.63. The number of rotatable bonds is 4. The van der Waals surface area contributed by atoms with Crippen LogP contribution >= 0.6 is 0 Å². The molecule has 3 N–H and O–H groups in total. The van der Waals surface area contributed by atoms with Crippen molar-refractivity contribution in [2.24, 2.45) is 11.1 Å². The van der Waals surface area contributed by atoms with Crippen LogP contribution in [0.4, 0.5) is 0 Å². The third-order valence-corrected chi connectivity index (χ3v) is 3.01. The van der Waals surface area contributed by atoms with Crippen LogP contribution in [0.25, 0.3) is 0 Å².